The highest BCUT2D eigenvalue weighted by molar-refractivity contribution is 5.94. The molecule has 0 saturated heterocycles. The van der Waals surface area contributed by atoms with Gasteiger partial charge in [-0.25, -0.2) is 0 Å². The minimum absolute atomic E-state index is 0.436. The zero-order valence-corrected chi connectivity index (χ0v) is 10.7. The molecule has 98 valence electrons. The Hall–Kier alpha value is -2.33. The highest BCUT2D eigenvalue weighted by atomic mass is 16.5. The van der Waals surface area contributed by atoms with Gasteiger partial charge < -0.3 is 16.2 Å². The molecule has 0 aromatic heterocycles. The largest absolute Gasteiger partial charge is 0.457 e. The van der Waals surface area contributed by atoms with Crippen LogP contribution in [0.4, 0.5) is 0 Å². The third kappa shape index (κ3) is 3.11. The summed E-state index contributed by atoms with van der Waals surface area (Å²) in [5.74, 6) is 0.944. The molecule has 0 heterocycles. The van der Waals surface area contributed by atoms with Crippen molar-refractivity contribution in [3.63, 3.8) is 0 Å². The summed E-state index contributed by atoms with van der Waals surface area (Å²) in [6, 6.07) is 12.8. The van der Waals surface area contributed by atoms with E-state index in [1.165, 1.54) is 0 Å². The zero-order chi connectivity index (χ0) is 13.8. The second-order valence-electron chi connectivity index (χ2n) is 4.29. The number of primary amides is 1. The first-order valence-corrected chi connectivity index (χ1v) is 5.97. The molecule has 4 N–H and O–H groups in total. The quantitative estimate of drug-likeness (QED) is 0.881. The van der Waals surface area contributed by atoms with Crippen LogP contribution in [0.5, 0.6) is 11.5 Å². The Labute approximate surface area is 112 Å². The second-order valence-corrected chi connectivity index (χ2v) is 4.29. The summed E-state index contributed by atoms with van der Waals surface area (Å²) < 4.78 is 5.73. The molecule has 0 bridgehead atoms. The molecule has 2 aromatic rings. The van der Waals surface area contributed by atoms with Gasteiger partial charge in [-0.15, -0.1) is 0 Å². The number of hydrogen-bond acceptors (Lipinski definition) is 3. The molecule has 0 aliphatic heterocycles. The van der Waals surface area contributed by atoms with Gasteiger partial charge in [0.15, 0.2) is 0 Å². The van der Waals surface area contributed by atoms with Crippen LogP contribution in [0.2, 0.25) is 0 Å². The van der Waals surface area contributed by atoms with Crippen molar-refractivity contribution < 1.29 is 9.53 Å². The first-order chi connectivity index (χ1) is 9.10. The highest BCUT2D eigenvalue weighted by Gasteiger charge is 2.06. The third-order valence-corrected chi connectivity index (χ3v) is 2.83. The Morgan fingerprint density at radius 3 is 2.53 bits per heavy atom. The molecule has 0 atom stereocenters. The Bertz CT molecular complexity index is 609. The summed E-state index contributed by atoms with van der Waals surface area (Å²) in [6.45, 7) is 2.29. The monoisotopic (exact) mass is 256 g/mol. The SMILES string of the molecule is Cc1cc(Oc2cccc(CN)c2)ccc1C(N)=O. The number of nitrogens with two attached hydrogens (primary N) is 2. The van der Waals surface area contributed by atoms with E-state index >= 15 is 0 Å². The lowest BCUT2D eigenvalue weighted by Gasteiger charge is -2.09. The smallest absolute Gasteiger partial charge is 0.248 e. The fraction of sp³-hybridized carbons (Fsp3) is 0.133. The lowest BCUT2D eigenvalue weighted by atomic mass is 10.1. The Morgan fingerprint density at radius 1 is 1.16 bits per heavy atom. The molecule has 0 radical (unpaired) electrons. The van der Waals surface area contributed by atoms with Crippen molar-refractivity contribution >= 4 is 5.91 Å². The molecule has 4 nitrogen and oxygen atoms in total. The second kappa shape index (κ2) is 5.54. The van der Waals surface area contributed by atoms with E-state index in [-0.39, 0.29) is 0 Å². The van der Waals surface area contributed by atoms with E-state index < -0.39 is 5.91 Å². The summed E-state index contributed by atoms with van der Waals surface area (Å²) in [4.78, 5) is 11.1. The zero-order valence-electron chi connectivity index (χ0n) is 10.7. The van der Waals surface area contributed by atoms with Crippen LogP contribution < -0.4 is 16.2 Å². The fourth-order valence-corrected chi connectivity index (χ4v) is 1.85. The van der Waals surface area contributed by atoms with Crippen LogP contribution in [0.1, 0.15) is 21.5 Å². The first kappa shape index (κ1) is 13.1. The number of aryl methyl sites for hydroxylation is 1. The van der Waals surface area contributed by atoms with Gasteiger partial charge in [0.05, 0.1) is 0 Å². The Kier molecular flexibility index (Phi) is 3.82. The van der Waals surface area contributed by atoms with E-state index in [1.807, 2.05) is 31.2 Å². The van der Waals surface area contributed by atoms with E-state index in [0.29, 0.717) is 23.6 Å². The average Bonchev–Trinajstić information content (AvgIpc) is 2.38. The van der Waals surface area contributed by atoms with Gasteiger partial charge in [-0.05, 0) is 48.4 Å². The van der Waals surface area contributed by atoms with Crippen molar-refractivity contribution in [3.8, 4) is 11.5 Å². The molecule has 0 saturated carbocycles. The molecule has 19 heavy (non-hydrogen) atoms. The predicted octanol–water partition coefficient (Wildman–Crippen LogP) is 2.34. The van der Waals surface area contributed by atoms with Crippen molar-refractivity contribution in [1.82, 2.24) is 0 Å². The van der Waals surface area contributed by atoms with Crippen molar-refractivity contribution in [2.45, 2.75) is 13.5 Å². The standard InChI is InChI=1S/C15H16N2O2/c1-10-7-13(5-6-14(10)15(17)18)19-12-4-2-3-11(8-12)9-16/h2-8H,9,16H2,1H3,(H2,17,18). The maximum Gasteiger partial charge on any atom is 0.248 e. The average molecular weight is 256 g/mol. The summed E-state index contributed by atoms with van der Waals surface area (Å²) in [6.07, 6.45) is 0. The van der Waals surface area contributed by atoms with Gasteiger partial charge in [-0.2, -0.15) is 0 Å². The van der Waals surface area contributed by atoms with Gasteiger partial charge in [-0.1, -0.05) is 12.1 Å². The minimum Gasteiger partial charge on any atom is -0.457 e. The van der Waals surface area contributed by atoms with Gasteiger partial charge >= 0.3 is 0 Å². The molecule has 0 spiro atoms. The number of carbonyl (C=O) groups is 1. The van der Waals surface area contributed by atoms with Crippen LogP contribution in [-0.2, 0) is 6.54 Å². The van der Waals surface area contributed by atoms with Crippen molar-refractivity contribution in [2.75, 3.05) is 0 Å². The molecule has 0 fully saturated rings. The number of hydrogen-bond donors (Lipinski definition) is 2. The van der Waals surface area contributed by atoms with Gasteiger partial charge in [0, 0.05) is 12.1 Å². The van der Waals surface area contributed by atoms with Crippen molar-refractivity contribution in [1.29, 1.82) is 0 Å². The van der Waals surface area contributed by atoms with E-state index in [1.54, 1.807) is 18.2 Å². The molecule has 2 rings (SSSR count). The van der Waals surface area contributed by atoms with Crippen LogP contribution in [0, 0.1) is 6.92 Å². The van der Waals surface area contributed by atoms with Crippen LogP contribution in [0.15, 0.2) is 42.5 Å². The van der Waals surface area contributed by atoms with Crippen molar-refractivity contribution in [2.24, 2.45) is 11.5 Å². The number of rotatable bonds is 4. The van der Waals surface area contributed by atoms with Crippen LogP contribution in [-0.4, -0.2) is 5.91 Å². The number of ether oxygens (including phenoxy) is 1. The minimum atomic E-state index is -0.436. The summed E-state index contributed by atoms with van der Waals surface area (Å²) in [5.41, 5.74) is 13.1. The number of amides is 1. The molecule has 0 aliphatic carbocycles. The molecule has 4 heteroatoms. The van der Waals surface area contributed by atoms with Gasteiger partial charge in [0.1, 0.15) is 11.5 Å². The van der Waals surface area contributed by atoms with Crippen LogP contribution >= 0.6 is 0 Å². The molecule has 2 aromatic carbocycles. The third-order valence-electron chi connectivity index (χ3n) is 2.83. The maximum absolute atomic E-state index is 11.1. The number of carbonyl (C=O) groups excluding carboxylic acids is 1. The maximum atomic E-state index is 11.1. The number of benzene rings is 2. The van der Waals surface area contributed by atoms with Gasteiger partial charge in [0.25, 0.3) is 0 Å². The van der Waals surface area contributed by atoms with E-state index in [4.69, 9.17) is 16.2 Å². The Balaban J connectivity index is 2.23. The summed E-state index contributed by atoms with van der Waals surface area (Å²) in [7, 11) is 0. The predicted molar refractivity (Wildman–Crippen MR) is 74.1 cm³/mol. The lowest BCUT2D eigenvalue weighted by Crippen LogP contribution is -2.12. The van der Waals surface area contributed by atoms with Crippen LogP contribution in [0.3, 0.4) is 0 Å². The summed E-state index contributed by atoms with van der Waals surface area (Å²) >= 11 is 0. The molecule has 0 aliphatic rings. The molecule has 1 amide bonds. The van der Waals surface area contributed by atoms with Gasteiger partial charge in [-0.3, -0.25) is 4.79 Å². The van der Waals surface area contributed by atoms with E-state index in [0.717, 1.165) is 11.1 Å². The normalized spacial score (nSPS) is 10.2. The highest BCUT2D eigenvalue weighted by Crippen LogP contribution is 2.24. The molecule has 0 unspecified atom stereocenters. The van der Waals surface area contributed by atoms with Crippen molar-refractivity contribution in [3.05, 3.63) is 59.2 Å². The van der Waals surface area contributed by atoms with Gasteiger partial charge in [0.2, 0.25) is 5.91 Å². The topological polar surface area (TPSA) is 78.3 Å². The Morgan fingerprint density at radius 2 is 1.89 bits per heavy atom. The molecular formula is C15H16N2O2. The summed E-state index contributed by atoms with van der Waals surface area (Å²) in [5, 5.41) is 0. The molecular weight excluding hydrogens is 240 g/mol. The fourth-order valence-electron chi connectivity index (χ4n) is 1.85. The van der Waals surface area contributed by atoms with E-state index in [2.05, 4.69) is 0 Å². The first-order valence-electron chi connectivity index (χ1n) is 5.97. The van der Waals surface area contributed by atoms with E-state index in [9.17, 15) is 4.79 Å². The van der Waals surface area contributed by atoms with Crippen LogP contribution in [0.25, 0.3) is 0 Å². The lowest BCUT2D eigenvalue weighted by molar-refractivity contribution is 0.0999.